The average molecular weight is 342 g/mol. The Balaban J connectivity index is 1.70. The van der Waals surface area contributed by atoms with Crippen molar-refractivity contribution < 1.29 is 0 Å². The molecule has 0 aliphatic heterocycles. The second-order valence-electron chi connectivity index (χ2n) is 4.82. The lowest BCUT2D eigenvalue weighted by Gasteiger charge is -2.03. The van der Waals surface area contributed by atoms with Gasteiger partial charge in [-0.15, -0.1) is 5.10 Å². The van der Waals surface area contributed by atoms with E-state index in [1.807, 2.05) is 24.4 Å². The third-order valence-electron chi connectivity index (χ3n) is 3.13. The Kier molecular flexibility index (Phi) is 3.86. The zero-order valence-electron chi connectivity index (χ0n) is 10.3. The Morgan fingerprint density at radius 2 is 2.26 bits per heavy atom. The van der Waals surface area contributed by atoms with Gasteiger partial charge < -0.3 is 5.32 Å². The molecule has 1 aliphatic rings. The van der Waals surface area contributed by atoms with Gasteiger partial charge in [0.2, 0.25) is 0 Å². The molecule has 1 aromatic heterocycles. The Labute approximate surface area is 125 Å². The fourth-order valence-electron chi connectivity index (χ4n) is 1.88. The van der Waals surface area contributed by atoms with Crippen LogP contribution in [-0.4, -0.2) is 21.5 Å². The van der Waals surface area contributed by atoms with Crippen molar-refractivity contribution in [2.75, 3.05) is 6.54 Å². The predicted octanol–water partition coefficient (Wildman–Crippen LogP) is 3.18. The second-order valence-corrected chi connectivity index (χ2v) is 6.12. The maximum absolute atomic E-state index is 6.00. The van der Waals surface area contributed by atoms with E-state index in [0.29, 0.717) is 5.02 Å². The van der Waals surface area contributed by atoms with Crippen LogP contribution < -0.4 is 5.32 Å². The number of rotatable bonds is 5. The molecule has 0 spiro atoms. The Bertz CT molecular complexity index is 580. The third kappa shape index (κ3) is 3.35. The molecule has 0 amide bonds. The standard InChI is InChI=1S/C13H14BrClN4/c14-12-4-3-10(15)5-13(12)19-8-11(17-18-19)7-16-6-9-1-2-9/h3-5,8-9,16H,1-2,6-7H2. The van der Waals surface area contributed by atoms with E-state index in [1.54, 1.807) is 4.68 Å². The van der Waals surface area contributed by atoms with Crippen molar-refractivity contribution in [2.24, 2.45) is 5.92 Å². The van der Waals surface area contributed by atoms with Crippen LogP contribution in [0.4, 0.5) is 0 Å². The lowest BCUT2D eigenvalue weighted by atomic mass is 10.3. The molecule has 4 nitrogen and oxygen atoms in total. The van der Waals surface area contributed by atoms with Gasteiger partial charge in [0.15, 0.2) is 0 Å². The molecule has 100 valence electrons. The Morgan fingerprint density at radius 1 is 1.42 bits per heavy atom. The predicted molar refractivity (Wildman–Crippen MR) is 78.5 cm³/mol. The van der Waals surface area contributed by atoms with Gasteiger partial charge >= 0.3 is 0 Å². The van der Waals surface area contributed by atoms with Gasteiger partial charge in [-0.25, -0.2) is 4.68 Å². The van der Waals surface area contributed by atoms with E-state index in [9.17, 15) is 0 Å². The zero-order chi connectivity index (χ0) is 13.2. The number of hydrogen-bond donors (Lipinski definition) is 1. The molecule has 1 saturated carbocycles. The summed E-state index contributed by atoms with van der Waals surface area (Å²) in [6.45, 7) is 1.84. The first-order chi connectivity index (χ1) is 9.22. The summed E-state index contributed by atoms with van der Waals surface area (Å²) in [6.07, 6.45) is 4.64. The van der Waals surface area contributed by atoms with Crippen LogP contribution in [0.15, 0.2) is 28.9 Å². The van der Waals surface area contributed by atoms with Gasteiger partial charge in [0.25, 0.3) is 0 Å². The Hall–Kier alpha value is -0.910. The minimum absolute atomic E-state index is 0.683. The van der Waals surface area contributed by atoms with Crippen LogP contribution in [0.5, 0.6) is 0 Å². The summed E-state index contributed by atoms with van der Waals surface area (Å²) in [6, 6.07) is 5.61. The summed E-state index contributed by atoms with van der Waals surface area (Å²) < 4.78 is 2.68. The molecular weight excluding hydrogens is 328 g/mol. The summed E-state index contributed by atoms with van der Waals surface area (Å²) in [7, 11) is 0. The van der Waals surface area contributed by atoms with E-state index in [4.69, 9.17) is 11.6 Å². The van der Waals surface area contributed by atoms with Crippen molar-refractivity contribution in [2.45, 2.75) is 19.4 Å². The van der Waals surface area contributed by atoms with Crippen molar-refractivity contribution in [3.8, 4) is 5.69 Å². The monoisotopic (exact) mass is 340 g/mol. The first kappa shape index (κ1) is 13.1. The number of nitrogens with zero attached hydrogens (tertiary/aromatic N) is 3. The van der Waals surface area contributed by atoms with Gasteiger partial charge in [0.05, 0.1) is 17.6 Å². The lowest BCUT2D eigenvalue weighted by Crippen LogP contribution is -2.16. The molecule has 0 saturated heterocycles. The number of hydrogen-bond acceptors (Lipinski definition) is 3. The average Bonchev–Trinajstić information content (AvgIpc) is 3.10. The SMILES string of the molecule is Clc1ccc(Br)c(-n2cc(CNCC3CC3)nn2)c1. The summed E-state index contributed by atoms with van der Waals surface area (Å²) >= 11 is 9.50. The van der Waals surface area contributed by atoms with Gasteiger partial charge in [0, 0.05) is 16.0 Å². The highest BCUT2D eigenvalue weighted by molar-refractivity contribution is 9.10. The Morgan fingerprint density at radius 3 is 3.05 bits per heavy atom. The van der Waals surface area contributed by atoms with Gasteiger partial charge in [0.1, 0.15) is 0 Å². The van der Waals surface area contributed by atoms with E-state index in [0.717, 1.165) is 34.9 Å². The highest BCUT2D eigenvalue weighted by Gasteiger charge is 2.20. The molecule has 6 heteroatoms. The van der Waals surface area contributed by atoms with Crippen LogP contribution in [0.1, 0.15) is 18.5 Å². The summed E-state index contributed by atoms with van der Waals surface area (Å²) in [4.78, 5) is 0. The first-order valence-electron chi connectivity index (χ1n) is 6.30. The molecule has 1 fully saturated rings. The molecule has 1 heterocycles. The molecule has 1 aliphatic carbocycles. The summed E-state index contributed by atoms with van der Waals surface area (Å²) in [5, 5.41) is 12.4. The highest BCUT2D eigenvalue weighted by atomic mass is 79.9. The maximum Gasteiger partial charge on any atom is 0.0969 e. The fraction of sp³-hybridized carbons (Fsp3) is 0.385. The van der Waals surface area contributed by atoms with Crippen molar-refractivity contribution in [3.05, 3.63) is 39.6 Å². The molecule has 19 heavy (non-hydrogen) atoms. The molecule has 0 radical (unpaired) electrons. The lowest BCUT2D eigenvalue weighted by molar-refractivity contribution is 0.628. The van der Waals surface area contributed by atoms with Crippen LogP contribution >= 0.6 is 27.5 Å². The summed E-state index contributed by atoms with van der Waals surface area (Å²) in [5.74, 6) is 0.872. The highest BCUT2D eigenvalue weighted by Crippen LogP contribution is 2.27. The van der Waals surface area contributed by atoms with E-state index < -0.39 is 0 Å². The summed E-state index contributed by atoms with van der Waals surface area (Å²) in [5.41, 5.74) is 1.83. The van der Waals surface area contributed by atoms with Crippen LogP contribution in [-0.2, 0) is 6.54 Å². The maximum atomic E-state index is 6.00. The van der Waals surface area contributed by atoms with Crippen molar-refractivity contribution in [1.82, 2.24) is 20.3 Å². The number of halogens is 2. The van der Waals surface area contributed by atoms with Gasteiger partial charge in [-0.3, -0.25) is 0 Å². The first-order valence-corrected chi connectivity index (χ1v) is 7.47. The van der Waals surface area contributed by atoms with Crippen LogP contribution in [0.2, 0.25) is 5.02 Å². The minimum atomic E-state index is 0.683. The normalized spacial score (nSPS) is 14.8. The molecule has 0 atom stereocenters. The topological polar surface area (TPSA) is 42.7 Å². The minimum Gasteiger partial charge on any atom is -0.311 e. The van der Waals surface area contributed by atoms with E-state index >= 15 is 0 Å². The molecule has 2 aromatic rings. The van der Waals surface area contributed by atoms with Crippen LogP contribution in [0.25, 0.3) is 5.69 Å². The molecule has 1 N–H and O–H groups in total. The van der Waals surface area contributed by atoms with Crippen molar-refractivity contribution in [3.63, 3.8) is 0 Å². The largest absolute Gasteiger partial charge is 0.311 e. The van der Waals surface area contributed by atoms with E-state index in [1.165, 1.54) is 12.8 Å². The number of aromatic nitrogens is 3. The van der Waals surface area contributed by atoms with E-state index in [-0.39, 0.29) is 0 Å². The van der Waals surface area contributed by atoms with Crippen molar-refractivity contribution >= 4 is 27.5 Å². The molecule has 0 unspecified atom stereocenters. The fourth-order valence-corrected chi connectivity index (χ4v) is 2.48. The third-order valence-corrected chi connectivity index (χ3v) is 4.04. The number of nitrogens with one attached hydrogen (secondary N) is 1. The van der Waals surface area contributed by atoms with Gasteiger partial charge in [-0.2, -0.15) is 0 Å². The van der Waals surface area contributed by atoms with E-state index in [2.05, 4.69) is 31.6 Å². The van der Waals surface area contributed by atoms with Gasteiger partial charge in [-0.05, 0) is 59.4 Å². The van der Waals surface area contributed by atoms with Gasteiger partial charge in [-0.1, -0.05) is 16.8 Å². The molecule has 1 aromatic carbocycles. The molecular formula is C13H14BrClN4. The number of benzene rings is 1. The zero-order valence-corrected chi connectivity index (χ0v) is 12.7. The van der Waals surface area contributed by atoms with Crippen molar-refractivity contribution in [1.29, 1.82) is 0 Å². The quantitative estimate of drug-likeness (QED) is 0.908. The van der Waals surface area contributed by atoms with Crippen LogP contribution in [0.3, 0.4) is 0 Å². The molecule has 0 bridgehead atoms. The molecule has 3 rings (SSSR count). The second kappa shape index (κ2) is 5.61. The van der Waals surface area contributed by atoms with Crippen LogP contribution in [0, 0.1) is 5.92 Å². The smallest absolute Gasteiger partial charge is 0.0969 e.